The summed E-state index contributed by atoms with van der Waals surface area (Å²) in [6.07, 6.45) is 0.0381. The highest BCUT2D eigenvalue weighted by Gasteiger charge is 2.29. The summed E-state index contributed by atoms with van der Waals surface area (Å²) in [5, 5.41) is 0. The molecule has 0 fully saturated rings. The Labute approximate surface area is 169 Å². The van der Waals surface area contributed by atoms with Gasteiger partial charge in [0.15, 0.2) is 0 Å². The van der Waals surface area contributed by atoms with Gasteiger partial charge in [-0.1, -0.05) is 12.1 Å². The number of hydrogen-bond acceptors (Lipinski definition) is 7. The Morgan fingerprint density at radius 3 is 2.41 bits per heavy atom. The van der Waals surface area contributed by atoms with E-state index in [0.717, 1.165) is 5.75 Å². The standard InChI is InChI=1S/C20H22N2O6S/c1-2-26-15-7-9-16(10-8-15)27-13-14-28-19(23)11-12-21-20-17-5-3-4-6-18(17)29(24,25)22-20/h3-10H,2,11-14H2,1H3,(H,21,22). The van der Waals surface area contributed by atoms with Crippen molar-refractivity contribution in [2.24, 2.45) is 4.99 Å². The molecular formula is C20H22N2O6S. The van der Waals surface area contributed by atoms with Gasteiger partial charge < -0.3 is 14.2 Å². The maximum atomic E-state index is 12.0. The summed E-state index contributed by atoms with van der Waals surface area (Å²) in [7, 11) is -3.58. The van der Waals surface area contributed by atoms with Crippen LogP contribution in [-0.2, 0) is 19.6 Å². The Bertz CT molecular complexity index is 986. The zero-order valence-corrected chi connectivity index (χ0v) is 16.8. The highest BCUT2D eigenvalue weighted by atomic mass is 32.2. The Hall–Kier alpha value is -3.07. The smallest absolute Gasteiger partial charge is 0.307 e. The van der Waals surface area contributed by atoms with Crippen LogP contribution in [0.2, 0.25) is 0 Å². The van der Waals surface area contributed by atoms with Crippen molar-refractivity contribution in [3.05, 3.63) is 54.1 Å². The van der Waals surface area contributed by atoms with Crippen LogP contribution in [-0.4, -0.2) is 46.6 Å². The lowest BCUT2D eigenvalue weighted by Gasteiger charge is -2.08. The first-order chi connectivity index (χ1) is 14.0. The lowest BCUT2D eigenvalue weighted by atomic mass is 10.2. The van der Waals surface area contributed by atoms with Gasteiger partial charge in [-0.3, -0.25) is 14.5 Å². The monoisotopic (exact) mass is 418 g/mol. The molecule has 1 heterocycles. The summed E-state index contributed by atoms with van der Waals surface area (Å²) < 4.78 is 42.3. The van der Waals surface area contributed by atoms with Crippen molar-refractivity contribution in [1.29, 1.82) is 0 Å². The number of aliphatic imine (C=N–C) groups is 1. The number of sulfonamides is 1. The van der Waals surface area contributed by atoms with E-state index in [0.29, 0.717) is 17.9 Å². The van der Waals surface area contributed by atoms with Gasteiger partial charge in [0.05, 0.1) is 24.5 Å². The second-order valence-corrected chi connectivity index (χ2v) is 7.71. The number of nitrogens with zero attached hydrogens (tertiary/aromatic N) is 1. The van der Waals surface area contributed by atoms with Gasteiger partial charge in [0.1, 0.15) is 30.5 Å². The van der Waals surface area contributed by atoms with Gasteiger partial charge in [-0.2, -0.15) is 0 Å². The number of hydrogen-bond donors (Lipinski definition) is 1. The van der Waals surface area contributed by atoms with Gasteiger partial charge >= 0.3 is 5.97 Å². The van der Waals surface area contributed by atoms with E-state index in [1.54, 1.807) is 42.5 Å². The molecule has 0 radical (unpaired) electrons. The van der Waals surface area contributed by atoms with Crippen LogP contribution < -0.4 is 14.2 Å². The highest BCUT2D eigenvalue weighted by molar-refractivity contribution is 7.90. The van der Waals surface area contributed by atoms with E-state index in [1.165, 1.54) is 6.07 Å². The van der Waals surface area contributed by atoms with Crippen LogP contribution in [0.15, 0.2) is 58.4 Å². The molecule has 1 aliphatic heterocycles. The average Bonchev–Trinajstić information content (AvgIpc) is 2.97. The topological polar surface area (TPSA) is 103 Å². The molecule has 3 rings (SSSR count). The Morgan fingerprint density at radius 2 is 1.69 bits per heavy atom. The minimum atomic E-state index is -3.58. The zero-order valence-electron chi connectivity index (χ0n) is 16.0. The lowest BCUT2D eigenvalue weighted by molar-refractivity contribution is -0.144. The Balaban J connectivity index is 1.39. The SMILES string of the molecule is CCOc1ccc(OCCOC(=O)CCN=C2NS(=O)(=O)c3ccccc32)cc1. The van der Waals surface area contributed by atoms with Crippen LogP contribution in [0.4, 0.5) is 0 Å². The molecule has 0 saturated heterocycles. The third kappa shape index (κ3) is 5.47. The fourth-order valence-electron chi connectivity index (χ4n) is 2.70. The summed E-state index contributed by atoms with van der Waals surface area (Å²) in [6.45, 7) is 2.96. The molecule has 0 atom stereocenters. The van der Waals surface area contributed by atoms with E-state index in [1.807, 2.05) is 6.92 Å². The van der Waals surface area contributed by atoms with Crippen LogP contribution in [0, 0.1) is 0 Å². The molecule has 9 heteroatoms. The van der Waals surface area contributed by atoms with Gasteiger partial charge in [0.2, 0.25) is 0 Å². The molecule has 0 aliphatic carbocycles. The Morgan fingerprint density at radius 1 is 1.00 bits per heavy atom. The molecule has 1 N–H and O–H groups in total. The number of carbonyl (C=O) groups is 1. The maximum Gasteiger partial charge on any atom is 0.307 e. The van der Waals surface area contributed by atoms with Gasteiger partial charge in [0.25, 0.3) is 10.0 Å². The molecule has 0 amide bonds. The van der Waals surface area contributed by atoms with Crippen molar-refractivity contribution >= 4 is 21.8 Å². The number of amidine groups is 1. The molecule has 8 nitrogen and oxygen atoms in total. The predicted octanol–water partition coefficient (Wildman–Crippen LogP) is 2.14. The minimum absolute atomic E-state index is 0.0381. The van der Waals surface area contributed by atoms with Crippen molar-refractivity contribution in [1.82, 2.24) is 4.72 Å². The number of ether oxygens (including phenoxy) is 3. The molecule has 0 bridgehead atoms. The van der Waals surface area contributed by atoms with Crippen molar-refractivity contribution in [2.45, 2.75) is 18.2 Å². The lowest BCUT2D eigenvalue weighted by Crippen LogP contribution is -2.22. The zero-order chi connectivity index (χ0) is 20.7. The van der Waals surface area contributed by atoms with Crippen molar-refractivity contribution in [3.8, 4) is 11.5 Å². The normalized spacial score (nSPS) is 15.4. The average molecular weight is 418 g/mol. The van der Waals surface area contributed by atoms with Crippen LogP contribution in [0.3, 0.4) is 0 Å². The molecular weight excluding hydrogens is 396 g/mol. The molecule has 29 heavy (non-hydrogen) atoms. The van der Waals surface area contributed by atoms with Gasteiger partial charge in [-0.15, -0.1) is 0 Å². The number of benzene rings is 2. The first kappa shape index (κ1) is 20.7. The second kappa shape index (κ2) is 9.42. The van der Waals surface area contributed by atoms with E-state index >= 15 is 0 Å². The minimum Gasteiger partial charge on any atom is -0.494 e. The fraction of sp³-hybridized carbons (Fsp3) is 0.300. The van der Waals surface area contributed by atoms with E-state index in [2.05, 4.69) is 9.71 Å². The number of rotatable bonds is 9. The third-order valence-electron chi connectivity index (χ3n) is 4.00. The molecule has 2 aromatic rings. The Kier molecular flexibility index (Phi) is 6.71. The first-order valence-corrected chi connectivity index (χ1v) is 10.7. The first-order valence-electron chi connectivity index (χ1n) is 9.17. The van der Waals surface area contributed by atoms with Crippen molar-refractivity contribution in [3.63, 3.8) is 0 Å². The van der Waals surface area contributed by atoms with E-state index < -0.39 is 16.0 Å². The highest BCUT2D eigenvalue weighted by Crippen LogP contribution is 2.22. The van der Waals surface area contributed by atoms with E-state index in [4.69, 9.17) is 14.2 Å². The maximum absolute atomic E-state index is 12.0. The molecule has 2 aromatic carbocycles. The van der Waals surface area contributed by atoms with Crippen LogP contribution in [0.5, 0.6) is 11.5 Å². The molecule has 0 unspecified atom stereocenters. The molecule has 0 aromatic heterocycles. The predicted molar refractivity (Wildman–Crippen MR) is 107 cm³/mol. The molecule has 154 valence electrons. The number of nitrogens with one attached hydrogen (secondary N) is 1. The third-order valence-corrected chi connectivity index (χ3v) is 5.40. The van der Waals surface area contributed by atoms with E-state index in [9.17, 15) is 13.2 Å². The number of fused-ring (bicyclic) bond motifs is 1. The molecule has 0 saturated carbocycles. The number of carbonyl (C=O) groups excluding carboxylic acids is 1. The summed E-state index contributed by atoms with van der Waals surface area (Å²) >= 11 is 0. The quantitative estimate of drug-likeness (QED) is 0.494. The largest absolute Gasteiger partial charge is 0.494 e. The van der Waals surface area contributed by atoms with E-state index in [-0.39, 0.29) is 36.9 Å². The van der Waals surface area contributed by atoms with Crippen molar-refractivity contribution in [2.75, 3.05) is 26.4 Å². The summed E-state index contributed by atoms with van der Waals surface area (Å²) in [5.41, 5.74) is 0.504. The summed E-state index contributed by atoms with van der Waals surface area (Å²) in [6, 6.07) is 13.7. The second-order valence-electron chi connectivity index (χ2n) is 6.06. The van der Waals surface area contributed by atoms with Gasteiger partial charge in [0, 0.05) is 5.56 Å². The molecule has 1 aliphatic rings. The van der Waals surface area contributed by atoms with Crippen LogP contribution in [0.1, 0.15) is 18.9 Å². The van der Waals surface area contributed by atoms with Crippen molar-refractivity contribution < 1.29 is 27.4 Å². The van der Waals surface area contributed by atoms with Crippen LogP contribution in [0.25, 0.3) is 0 Å². The summed E-state index contributed by atoms with van der Waals surface area (Å²) in [4.78, 5) is 16.2. The molecule has 0 spiro atoms. The number of esters is 1. The van der Waals surface area contributed by atoms with Gasteiger partial charge in [-0.25, -0.2) is 8.42 Å². The fourth-order valence-corrected chi connectivity index (χ4v) is 3.95. The van der Waals surface area contributed by atoms with Crippen LogP contribution >= 0.6 is 0 Å². The summed E-state index contributed by atoms with van der Waals surface area (Å²) in [5.74, 6) is 1.23. The van der Waals surface area contributed by atoms with Gasteiger partial charge in [-0.05, 0) is 43.3 Å².